The zero-order chi connectivity index (χ0) is 15.2. The average molecular weight is 284 g/mol. The fourth-order valence-corrected chi connectivity index (χ4v) is 2.45. The lowest BCUT2D eigenvalue weighted by atomic mass is 9.77. The molecule has 0 aromatic heterocycles. The van der Waals surface area contributed by atoms with Crippen LogP contribution in [0.2, 0.25) is 0 Å². The molecule has 0 bridgehead atoms. The van der Waals surface area contributed by atoms with Crippen molar-refractivity contribution in [3.63, 3.8) is 0 Å². The molecule has 0 aromatic rings. The van der Waals surface area contributed by atoms with Crippen LogP contribution in [0.25, 0.3) is 0 Å². The Kier molecular flexibility index (Phi) is 5.98. The molecule has 1 saturated carbocycles. The summed E-state index contributed by atoms with van der Waals surface area (Å²) in [7, 11) is 0. The van der Waals surface area contributed by atoms with Gasteiger partial charge in [-0.2, -0.15) is 0 Å². The Morgan fingerprint density at radius 3 is 2.30 bits per heavy atom. The number of carbonyl (C=O) groups excluding carboxylic acids is 2. The summed E-state index contributed by atoms with van der Waals surface area (Å²) in [6, 6.07) is 0. The van der Waals surface area contributed by atoms with Crippen molar-refractivity contribution >= 4 is 17.8 Å². The minimum atomic E-state index is -1.17. The van der Waals surface area contributed by atoms with Crippen molar-refractivity contribution in [2.45, 2.75) is 57.9 Å². The van der Waals surface area contributed by atoms with E-state index in [1.807, 2.05) is 6.92 Å². The van der Waals surface area contributed by atoms with Gasteiger partial charge in [0.05, 0.1) is 6.54 Å². The predicted octanol–water partition coefficient (Wildman–Crippen LogP) is 1.05. The Morgan fingerprint density at radius 1 is 1.20 bits per heavy atom. The van der Waals surface area contributed by atoms with Crippen LogP contribution >= 0.6 is 0 Å². The largest absolute Gasteiger partial charge is 0.480 e. The van der Waals surface area contributed by atoms with Crippen LogP contribution in [0, 0.1) is 5.92 Å². The third-order valence-electron chi connectivity index (χ3n) is 3.84. The molecular formula is C14H24N2O4. The van der Waals surface area contributed by atoms with Crippen LogP contribution in [0.1, 0.15) is 52.4 Å². The van der Waals surface area contributed by atoms with Gasteiger partial charge in [0.2, 0.25) is 11.8 Å². The molecule has 2 amide bonds. The number of carboxylic acid groups (broad SMARTS) is 1. The van der Waals surface area contributed by atoms with Crippen molar-refractivity contribution in [1.29, 1.82) is 0 Å². The van der Waals surface area contributed by atoms with E-state index >= 15 is 0 Å². The minimum Gasteiger partial charge on any atom is -0.480 e. The fourth-order valence-electron chi connectivity index (χ4n) is 2.45. The second-order valence-electron chi connectivity index (χ2n) is 5.64. The first-order valence-corrected chi connectivity index (χ1v) is 7.20. The van der Waals surface area contributed by atoms with Gasteiger partial charge in [0.1, 0.15) is 5.54 Å². The molecular weight excluding hydrogens is 260 g/mol. The first-order valence-electron chi connectivity index (χ1n) is 7.20. The summed E-state index contributed by atoms with van der Waals surface area (Å²) in [5.74, 6) is -1.13. The molecule has 6 heteroatoms. The lowest BCUT2D eigenvalue weighted by molar-refractivity contribution is -0.149. The second kappa shape index (κ2) is 7.26. The molecule has 3 N–H and O–H groups in total. The number of aliphatic carboxylic acids is 1. The van der Waals surface area contributed by atoms with Crippen molar-refractivity contribution in [3.8, 4) is 0 Å². The van der Waals surface area contributed by atoms with Gasteiger partial charge >= 0.3 is 5.97 Å². The lowest BCUT2D eigenvalue weighted by Crippen LogP contribution is -2.58. The molecule has 1 rings (SSSR count). The zero-order valence-corrected chi connectivity index (χ0v) is 12.2. The first kappa shape index (κ1) is 16.5. The summed E-state index contributed by atoms with van der Waals surface area (Å²) in [6.45, 7) is 3.80. The quantitative estimate of drug-likeness (QED) is 0.679. The zero-order valence-electron chi connectivity index (χ0n) is 12.2. The molecule has 1 aliphatic rings. The Morgan fingerprint density at radius 2 is 1.80 bits per heavy atom. The van der Waals surface area contributed by atoms with Crippen LogP contribution in [-0.4, -0.2) is 35.0 Å². The van der Waals surface area contributed by atoms with Gasteiger partial charge in [0.25, 0.3) is 0 Å². The van der Waals surface area contributed by atoms with Crippen molar-refractivity contribution in [3.05, 3.63) is 0 Å². The summed E-state index contributed by atoms with van der Waals surface area (Å²) < 4.78 is 0. The van der Waals surface area contributed by atoms with Crippen LogP contribution in [0.5, 0.6) is 0 Å². The second-order valence-corrected chi connectivity index (χ2v) is 5.64. The van der Waals surface area contributed by atoms with Crippen molar-refractivity contribution in [2.75, 3.05) is 6.54 Å². The normalized spacial score (nSPS) is 25.8. The van der Waals surface area contributed by atoms with Crippen LogP contribution < -0.4 is 10.6 Å². The van der Waals surface area contributed by atoms with Crippen molar-refractivity contribution in [1.82, 2.24) is 10.6 Å². The topological polar surface area (TPSA) is 95.5 Å². The van der Waals surface area contributed by atoms with Gasteiger partial charge in [0, 0.05) is 6.42 Å². The van der Waals surface area contributed by atoms with Crippen LogP contribution in [0.15, 0.2) is 0 Å². The van der Waals surface area contributed by atoms with Gasteiger partial charge < -0.3 is 15.7 Å². The predicted molar refractivity (Wildman–Crippen MR) is 74.1 cm³/mol. The van der Waals surface area contributed by atoms with E-state index in [-0.39, 0.29) is 12.5 Å². The highest BCUT2D eigenvalue weighted by Gasteiger charge is 2.42. The first-order chi connectivity index (χ1) is 9.39. The van der Waals surface area contributed by atoms with Gasteiger partial charge in [0.15, 0.2) is 0 Å². The Balaban J connectivity index is 2.52. The van der Waals surface area contributed by atoms with E-state index in [2.05, 4.69) is 17.6 Å². The van der Waals surface area contributed by atoms with E-state index < -0.39 is 17.4 Å². The van der Waals surface area contributed by atoms with E-state index in [9.17, 15) is 19.5 Å². The molecule has 0 spiro atoms. The molecule has 1 fully saturated rings. The number of carbonyl (C=O) groups is 3. The number of rotatable bonds is 6. The summed E-state index contributed by atoms with van der Waals surface area (Å²) >= 11 is 0. The van der Waals surface area contributed by atoms with Crippen LogP contribution in [-0.2, 0) is 14.4 Å². The van der Waals surface area contributed by atoms with E-state index in [1.165, 1.54) is 0 Å². The Labute approximate surface area is 119 Å². The molecule has 1 aliphatic carbocycles. The highest BCUT2D eigenvalue weighted by molar-refractivity contribution is 5.90. The minimum absolute atomic E-state index is 0.163. The van der Waals surface area contributed by atoms with Crippen molar-refractivity contribution in [2.24, 2.45) is 5.92 Å². The molecule has 0 aliphatic heterocycles. The number of amides is 2. The van der Waals surface area contributed by atoms with Gasteiger partial charge in [-0.25, -0.2) is 4.79 Å². The Hall–Kier alpha value is -1.59. The standard InChI is InChI=1S/C14H24N2O4/c1-3-4-11(17)15-9-12(18)16-14(13(19)20)7-5-10(2)6-8-14/h10H,3-9H2,1-2H3,(H,15,17)(H,16,18)(H,19,20). The van der Waals surface area contributed by atoms with E-state index in [4.69, 9.17) is 0 Å². The molecule has 6 nitrogen and oxygen atoms in total. The van der Waals surface area contributed by atoms with Gasteiger partial charge in [-0.3, -0.25) is 9.59 Å². The monoisotopic (exact) mass is 284 g/mol. The summed E-state index contributed by atoms with van der Waals surface area (Å²) in [4.78, 5) is 34.6. The number of hydrogen-bond acceptors (Lipinski definition) is 3. The number of nitrogens with one attached hydrogen (secondary N) is 2. The third-order valence-corrected chi connectivity index (χ3v) is 3.84. The van der Waals surface area contributed by atoms with Gasteiger partial charge in [-0.1, -0.05) is 13.8 Å². The maximum Gasteiger partial charge on any atom is 0.329 e. The van der Waals surface area contributed by atoms with Gasteiger partial charge in [-0.15, -0.1) is 0 Å². The summed E-state index contributed by atoms with van der Waals surface area (Å²) in [5.41, 5.74) is -1.17. The van der Waals surface area contributed by atoms with E-state index in [0.29, 0.717) is 31.6 Å². The average Bonchev–Trinajstić information content (AvgIpc) is 2.39. The molecule has 0 unspecified atom stereocenters. The van der Waals surface area contributed by atoms with Gasteiger partial charge in [-0.05, 0) is 38.0 Å². The maximum atomic E-state index is 11.8. The molecule has 0 aromatic carbocycles. The number of carboxylic acids is 1. The molecule has 0 heterocycles. The molecule has 114 valence electrons. The van der Waals surface area contributed by atoms with Crippen molar-refractivity contribution < 1.29 is 19.5 Å². The fraction of sp³-hybridized carbons (Fsp3) is 0.786. The molecule has 0 atom stereocenters. The molecule has 0 radical (unpaired) electrons. The lowest BCUT2D eigenvalue weighted by Gasteiger charge is -2.36. The van der Waals surface area contributed by atoms with E-state index in [0.717, 1.165) is 12.8 Å². The highest BCUT2D eigenvalue weighted by Crippen LogP contribution is 2.32. The smallest absolute Gasteiger partial charge is 0.329 e. The Bertz CT molecular complexity index is 373. The molecule has 0 saturated heterocycles. The van der Waals surface area contributed by atoms with Crippen LogP contribution in [0.3, 0.4) is 0 Å². The molecule has 20 heavy (non-hydrogen) atoms. The highest BCUT2D eigenvalue weighted by atomic mass is 16.4. The SMILES string of the molecule is CCCC(=O)NCC(=O)NC1(C(=O)O)CCC(C)CC1. The number of hydrogen-bond donors (Lipinski definition) is 3. The summed E-state index contributed by atoms with van der Waals surface area (Å²) in [5, 5.41) is 14.5. The van der Waals surface area contributed by atoms with E-state index in [1.54, 1.807) is 0 Å². The summed E-state index contributed by atoms with van der Waals surface area (Å²) in [6.07, 6.45) is 3.54. The third kappa shape index (κ3) is 4.51. The van der Waals surface area contributed by atoms with Crippen LogP contribution in [0.4, 0.5) is 0 Å². The maximum absolute atomic E-state index is 11.8.